The van der Waals surface area contributed by atoms with Gasteiger partial charge >= 0.3 is 6.18 Å². The summed E-state index contributed by atoms with van der Waals surface area (Å²) in [5.74, 6) is 0.349. The molecule has 2 atom stereocenters. The lowest BCUT2D eigenvalue weighted by molar-refractivity contribution is -0.140. The maximum atomic E-state index is 12.6. The summed E-state index contributed by atoms with van der Waals surface area (Å²) >= 11 is 0. The van der Waals surface area contributed by atoms with Crippen LogP contribution in [0, 0.1) is 0 Å². The fraction of sp³-hybridized carbons (Fsp3) is 0.727. The molecule has 1 aromatic heterocycles. The number of rotatable bonds is 2. The molecule has 2 unspecified atom stereocenters. The molecule has 0 radical (unpaired) electrons. The summed E-state index contributed by atoms with van der Waals surface area (Å²) in [5.41, 5.74) is -0.810. The predicted molar refractivity (Wildman–Crippen MR) is 58.9 cm³/mol. The van der Waals surface area contributed by atoms with Crippen LogP contribution >= 0.6 is 0 Å². The first-order valence-electron chi connectivity index (χ1n) is 5.88. The fourth-order valence-electron chi connectivity index (χ4n) is 2.23. The van der Waals surface area contributed by atoms with Crippen LogP contribution in [0.1, 0.15) is 44.8 Å². The summed E-state index contributed by atoms with van der Waals surface area (Å²) in [5, 5.41) is 3.06. The third-order valence-electron chi connectivity index (χ3n) is 3.27. The molecule has 1 aliphatic rings. The van der Waals surface area contributed by atoms with Gasteiger partial charge in [-0.05, 0) is 19.3 Å². The Morgan fingerprint density at radius 3 is 2.65 bits per heavy atom. The van der Waals surface area contributed by atoms with Gasteiger partial charge in [-0.2, -0.15) is 13.2 Å². The van der Waals surface area contributed by atoms with Crippen molar-refractivity contribution in [1.29, 1.82) is 0 Å². The standard InChI is InChI=1S/C11H16F3N3/c1-3-7-5-8(4-2)17-6-9(11(12,13)14)16-10(17)15-7/h6-8H,3-5H2,1-2H3,(H,15,16). The Morgan fingerprint density at radius 2 is 2.12 bits per heavy atom. The average Bonchev–Trinajstić information content (AvgIpc) is 2.70. The van der Waals surface area contributed by atoms with Gasteiger partial charge in [0.2, 0.25) is 5.95 Å². The largest absolute Gasteiger partial charge is 0.434 e. The number of nitrogens with one attached hydrogen (secondary N) is 1. The van der Waals surface area contributed by atoms with Gasteiger partial charge in [-0.1, -0.05) is 13.8 Å². The van der Waals surface area contributed by atoms with E-state index in [9.17, 15) is 13.2 Å². The van der Waals surface area contributed by atoms with Gasteiger partial charge < -0.3 is 9.88 Å². The molecule has 96 valence electrons. The molecule has 0 aromatic carbocycles. The SMILES string of the molecule is CCC1CC(CC)n2cc(C(F)(F)F)nc2N1. The summed E-state index contributed by atoms with van der Waals surface area (Å²) in [6.45, 7) is 4.01. The topological polar surface area (TPSA) is 29.9 Å². The quantitative estimate of drug-likeness (QED) is 0.867. The van der Waals surface area contributed by atoms with Gasteiger partial charge in [0.05, 0.1) is 0 Å². The molecule has 2 heterocycles. The fourth-order valence-corrected chi connectivity index (χ4v) is 2.23. The van der Waals surface area contributed by atoms with E-state index in [4.69, 9.17) is 0 Å². The van der Waals surface area contributed by atoms with Gasteiger partial charge in [-0.25, -0.2) is 4.98 Å². The summed E-state index contributed by atoms with van der Waals surface area (Å²) < 4.78 is 39.4. The Balaban J connectivity index is 2.35. The van der Waals surface area contributed by atoms with Gasteiger partial charge in [0.25, 0.3) is 0 Å². The van der Waals surface area contributed by atoms with Gasteiger partial charge in [-0.3, -0.25) is 0 Å². The van der Waals surface area contributed by atoms with Crippen molar-refractivity contribution in [3.8, 4) is 0 Å². The molecule has 17 heavy (non-hydrogen) atoms. The molecule has 0 saturated heterocycles. The van der Waals surface area contributed by atoms with Crippen molar-refractivity contribution in [3.05, 3.63) is 11.9 Å². The zero-order chi connectivity index (χ0) is 12.6. The third kappa shape index (κ3) is 2.25. The number of nitrogens with zero attached hydrogens (tertiary/aromatic N) is 2. The molecule has 2 rings (SSSR count). The van der Waals surface area contributed by atoms with E-state index in [0.717, 1.165) is 25.5 Å². The van der Waals surface area contributed by atoms with Crippen LogP contribution in [0.15, 0.2) is 6.20 Å². The number of fused-ring (bicyclic) bond motifs is 1. The Morgan fingerprint density at radius 1 is 1.41 bits per heavy atom. The highest BCUT2D eigenvalue weighted by molar-refractivity contribution is 5.34. The predicted octanol–water partition coefficient (Wildman–Crippen LogP) is 3.45. The molecule has 0 aliphatic carbocycles. The van der Waals surface area contributed by atoms with Crippen LogP contribution in [0.4, 0.5) is 19.1 Å². The highest BCUT2D eigenvalue weighted by atomic mass is 19.4. The van der Waals surface area contributed by atoms with Crippen LogP contribution in [0.3, 0.4) is 0 Å². The lowest BCUT2D eigenvalue weighted by Gasteiger charge is -2.31. The number of imidazole rings is 1. The number of aromatic nitrogens is 2. The van der Waals surface area contributed by atoms with E-state index in [1.165, 1.54) is 0 Å². The molecular weight excluding hydrogens is 231 g/mol. The van der Waals surface area contributed by atoms with Crippen LogP contribution in [0.5, 0.6) is 0 Å². The zero-order valence-electron chi connectivity index (χ0n) is 9.88. The summed E-state index contributed by atoms with van der Waals surface area (Å²) in [6.07, 6.45) is -0.689. The number of alkyl halides is 3. The van der Waals surface area contributed by atoms with Gasteiger partial charge in [0.15, 0.2) is 5.69 Å². The van der Waals surface area contributed by atoms with E-state index in [2.05, 4.69) is 10.3 Å². The Kier molecular flexibility index (Phi) is 3.05. The third-order valence-corrected chi connectivity index (χ3v) is 3.27. The van der Waals surface area contributed by atoms with Crippen LogP contribution < -0.4 is 5.32 Å². The molecule has 0 saturated carbocycles. The summed E-state index contributed by atoms with van der Waals surface area (Å²) in [4.78, 5) is 3.65. The first kappa shape index (κ1) is 12.3. The van der Waals surface area contributed by atoms with E-state index in [1.54, 1.807) is 4.57 Å². The van der Waals surface area contributed by atoms with E-state index in [1.807, 2.05) is 13.8 Å². The van der Waals surface area contributed by atoms with Crippen LogP contribution in [0.25, 0.3) is 0 Å². The summed E-state index contributed by atoms with van der Waals surface area (Å²) in [7, 11) is 0. The summed E-state index contributed by atoms with van der Waals surface area (Å²) in [6, 6.07) is 0.329. The van der Waals surface area contributed by atoms with Gasteiger partial charge in [0.1, 0.15) is 0 Å². The molecule has 1 aliphatic heterocycles. The minimum absolute atomic E-state index is 0.111. The minimum Gasteiger partial charge on any atom is -0.353 e. The van der Waals surface area contributed by atoms with Crippen molar-refractivity contribution in [2.45, 2.75) is 51.4 Å². The molecule has 0 fully saturated rings. The first-order chi connectivity index (χ1) is 7.95. The second kappa shape index (κ2) is 4.23. The number of hydrogen-bond donors (Lipinski definition) is 1. The lowest BCUT2D eigenvalue weighted by atomic mass is 10.0. The molecule has 0 amide bonds. The van der Waals surface area contributed by atoms with E-state index in [0.29, 0.717) is 5.95 Å². The van der Waals surface area contributed by atoms with Crippen molar-refractivity contribution < 1.29 is 13.2 Å². The van der Waals surface area contributed by atoms with Crippen molar-refractivity contribution in [1.82, 2.24) is 9.55 Å². The van der Waals surface area contributed by atoms with Crippen molar-refractivity contribution in [3.63, 3.8) is 0 Å². The Bertz CT molecular complexity index is 397. The second-order valence-electron chi connectivity index (χ2n) is 4.40. The Labute approximate surface area is 98.0 Å². The molecular formula is C11H16F3N3. The average molecular weight is 247 g/mol. The van der Waals surface area contributed by atoms with Crippen molar-refractivity contribution in [2.75, 3.05) is 5.32 Å². The van der Waals surface area contributed by atoms with Gasteiger partial charge in [-0.15, -0.1) is 0 Å². The van der Waals surface area contributed by atoms with Gasteiger partial charge in [0, 0.05) is 18.3 Å². The van der Waals surface area contributed by atoms with Crippen LogP contribution in [-0.4, -0.2) is 15.6 Å². The molecule has 6 heteroatoms. The molecule has 0 spiro atoms. The van der Waals surface area contributed by atoms with E-state index >= 15 is 0 Å². The van der Waals surface area contributed by atoms with Crippen molar-refractivity contribution >= 4 is 5.95 Å². The normalized spacial score (nSPS) is 24.3. The van der Waals surface area contributed by atoms with E-state index < -0.39 is 11.9 Å². The lowest BCUT2D eigenvalue weighted by Crippen LogP contribution is -2.31. The number of hydrogen-bond acceptors (Lipinski definition) is 2. The van der Waals surface area contributed by atoms with Crippen LogP contribution in [0.2, 0.25) is 0 Å². The smallest absolute Gasteiger partial charge is 0.353 e. The number of anilines is 1. The second-order valence-corrected chi connectivity index (χ2v) is 4.40. The highest BCUT2D eigenvalue weighted by Gasteiger charge is 2.37. The van der Waals surface area contributed by atoms with Crippen molar-refractivity contribution in [2.24, 2.45) is 0 Å². The molecule has 1 aromatic rings. The minimum atomic E-state index is -4.37. The maximum absolute atomic E-state index is 12.6. The monoisotopic (exact) mass is 247 g/mol. The Hall–Kier alpha value is -1.20. The van der Waals surface area contributed by atoms with E-state index in [-0.39, 0.29) is 12.1 Å². The first-order valence-corrected chi connectivity index (χ1v) is 5.88. The zero-order valence-corrected chi connectivity index (χ0v) is 9.88. The maximum Gasteiger partial charge on any atom is 0.434 e. The molecule has 1 N–H and O–H groups in total. The number of halogens is 3. The van der Waals surface area contributed by atoms with Crippen LogP contribution in [-0.2, 0) is 6.18 Å². The highest BCUT2D eigenvalue weighted by Crippen LogP contribution is 2.35. The molecule has 0 bridgehead atoms. The molecule has 3 nitrogen and oxygen atoms in total.